The fourth-order valence-corrected chi connectivity index (χ4v) is 9.33. The molecule has 312 valence electrons. The number of hydrogen-bond donors (Lipinski definition) is 0. The van der Waals surface area contributed by atoms with Gasteiger partial charge in [0.1, 0.15) is 11.2 Å². The van der Waals surface area contributed by atoms with Gasteiger partial charge < -0.3 is 4.42 Å². The number of nitrogens with zero attached hydrogens (tertiary/aromatic N) is 3. The zero-order chi connectivity index (χ0) is 50.4. The topological polar surface area (TPSA) is 51.8 Å². The highest BCUT2D eigenvalue weighted by Crippen LogP contribution is 2.41. The standard InChI is InChI=1S/C63H39N3O/c1-3-15-40(16-4-1)43-29-30-45-34-46(32-31-44(45)33-43)48-36-50(54-25-13-21-42-19-7-9-22-52(42)54)38-51(37-48)61-64-62(56-26-14-28-59-60(56)55-24-11-12-27-58(55)67-59)66-63(65-61)57-39-49(41-17-5-2-6-18-41)35-47-20-8-10-23-53(47)57/h1-39H/i7D,9D,13D,19D,21D,22D,25D. The lowest BCUT2D eigenvalue weighted by Gasteiger charge is -2.15. The molecule has 4 nitrogen and oxygen atoms in total. The number of benzene rings is 11. The summed E-state index contributed by atoms with van der Waals surface area (Å²) in [4.78, 5) is 16.0. The van der Waals surface area contributed by atoms with E-state index < -0.39 is 36.3 Å². The molecule has 4 heteroatoms. The maximum atomic E-state index is 9.47. The number of fused-ring (bicyclic) bond motifs is 6. The van der Waals surface area contributed by atoms with Crippen molar-refractivity contribution in [2.24, 2.45) is 0 Å². The molecule has 0 aliphatic heterocycles. The normalized spacial score (nSPS) is 13.0. The second-order valence-electron chi connectivity index (χ2n) is 16.6. The largest absolute Gasteiger partial charge is 0.456 e. The quantitative estimate of drug-likeness (QED) is 0.160. The summed E-state index contributed by atoms with van der Waals surface area (Å²) in [7, 11) is 0. The van der Waals surface area contributed by atoms with E-state index in [-0.39, 0.29) is 22.4 Å². The zero-order valence-corrected chi connectivity index (χ0v) is 35.7. The van der Waals surface area contributed by atoms with Crippen molar-refractivity contribution in [2.75, 3.05) is 0 Å². The number of aromatic nitrogens is 3. The number of para-hydroxylation sites is 1. The maximum absolute atomic E-state index is 9.47. The molecule has 0 saturated carbocycles. The molecule has 0 fully saturated rings. The Morgan fingerprint density at radius 2 is 0.881 bits per heavy atom. The molecule has 0 aliphatic carbocycles. The van der Waals surface area contributed by atoms with Crippen LogP contribution < -0.4 is 0 Å². The van der Waals surface area contributed by atoms with Crippen LogP contribution in [0.4, 0.5) is 0 Å². The number of furan rings is 1. The summed E-state index contributed by atoms with van der Waals surface area (Å²) in [5.41, 5.74) is 9.59. The van der Waals surface area contributed by atoms with E-state index in [2.05, 4.69) is 78.9 Å². The van der Waals surface area contributed by atoms with Crippen LogP contribution in [0.25, 0.3) is 133 Å². The summed E-state index contributed by atoms with van der Waals surface area (Å²) in [5, 5.41) is 5.54. The Balaban J connectivity index is 1.11. The molecule has 2 heterocycles. The Labute approximate surface area is 397 Å². The van der Waals surface area contributed by atoms with E-state index in [9.17, 15) is 2.74 Å². The molecule has 13 aromatic rings. The van der Waals surface area contributed by atoms with Crippen molar-refractivity contribution in [3.8, 4) is 78.7 Å². The Kier molecular flexibility index (Phi) is 7.55. The van der Waals surface area contributed by atoms with Gasteiger partial charge in [-0.2, -0.15) is 0 Å². The Morgan fingerprint density at radius 1 is 0.299 bits per heavy atom. The smallest absolute Gasteiger partial charge is 0.164 e. The lowest BCUT2D eigenvalue weighted by Crippen LogP contribution is -2.01. The van der Waals surface area contributed by atoms with Crippen LogP contribution in [-0.4, -0.2) is 15.0 Å². The van der Waals surface area contributed by atoms with Gasteiger partial charge in [0, 0.05) is 27.5 Å². The second kappa shape index (κ2) is 15.9. The van der Waals surface area contributed by atoms with Crippen LogP contribution in [0.1, 0.15) is 9.60 Å². The fourth-order valence-electron chi connectivity index (χ4n) is 9.33. The van der Waals surface area contributed by atoms with E-state index in [4.69, 9.17) is 26.2 Å². The van der Waals surface area contributed by atoms with Crippen LogP contribution in [0.15, 0.2) is 241 Å². The first-order chi connectivity index (χ1) is 36.1. The summed E-state index contributed by atoms with van der Waals surface area (Å²) >= 11 is 0. The van der Waals surface area contributed by atoms with E-state index in [0.717, 1.165) is 76.8 Å². The highest BCUT2D eigenvalue weighted by molar-refractivity contribution is 6.12. The van der Waals surface area contributed by atoms with Gasteiger partial charge in [0.05, 0.1) is 9.60 Å². The van der Waals surface area contributed by atoms with Gasteiger partial charge in [0.15, 0.2) is 17.5 Å². The average molecular weight is 861 g/mol. The van der Waals surface area contributed by atoms with E-state index >= 15 is 0 Å². The monoisotopic (exact) mass is 860 g/mol. The Bertz CT molecular complexity index is 4460. The predicted octanol–water partition coefficient (Wildman–Crippen LogP) is 16.9. The molecule has 0 aliphatic rings. The van der Waals surface area contributed by atoms with Gasteiger partial charge in [0.25, 0.3) is 0 Å². The third-order valence-corrected chi connectivity index (χ3v) is 12.6. The van der Waals surface area contributed by atoms with Crippen molar-refractivity contribution < 1.29 is 14.0 Å². The molecular formula is C63H39N3O. The van der Waals surface area contributed by atoms with Crippen LogP contribution in [0.5, 0.6) is 0 Å². The summed E-state index contributed by atoms with van der Waals surface area (Å²) in [6, 6.07) is 61.6. The summed E-state index contributed by atoms with van der Waals surface area (Å²) in [6.07, 6.45) is 0. The molecule has 13 rings (SSSR count). The Morgan fingerprint density at radius 3 is 1.69 bits per heavy atom. The molecule has 2 aromatic heterocycles. The van der Waals surface area contributed by atoms with Crippen LogP contribution >= 0.6 is 0 Å². The van der Waals surface area contributed by atoms with Crippen molar-refractivity contribution in [1.82, 2.24) is 15.0 Å². The summed E-state index contributed by atoms with van der Waals surface area (Å²) in [5.74, 6) is 1.08. The van der Waals surface area contributed by atoms with Gasteiger partial charge in [-0.05, 0) is 131 Å². The van der Waals surface area contributed by atoms with Crippen LogP contribution in [0.3, 0.4) is 0 Å². The number of rotatable bonds is 7. The van der Waals surface area contributed by atoms with Crippen molar-refractivity contribution in [2.45, 2.75) is 0 Å². The molecule has 0 unspecified atom stereocenters. The van der Waals surface area contributed by atoms with Crippen LogP contribution in [-0.2, 0) is 0 Å². The minimum absolute atomic E-state index is 0.0169. The van der Waals surface area contributed by atoms with E-state index in [1.807, 2.05) is 115 Å². The SMILES string of the molecule is [2H]c1c([2H])c([2H])c2c(-c3cc(-c4ccc5cc(-c6ccccc6)ccc5c4)cc(-c4nc(-c5cc(-c6ccccc6)cc6ccccc56)nc(-c5cccc6oc7ccccc7c56)n4)c3)c([2H])c([2H])c([2H])c2c1[2H]. The van der Waals surface area contributed by atoms with Crippen LogP contribution in [0.2, 0.25) is 0 Å². The first-order valence-corrected chi connectivity index (χ1v) is 22.1. The van der Waals surface area contributed by atoms with Gasteiger partial charge in [-0.25, -0.2) is 15.0 Å². The van der Waals surface area contributed by atoms with Gasteiger partial charge in [-0.15, -0.1) is 0 Å². The molecule has 0 saturated heterocycles. The first kappa shape index (κ1) is 31.8. The highest BCUT2D eigenvalue weighted by Gasteiger charge is 2.21. The van der Waals surface area contributed by atoms with Gasteiger partial charge >= 0.3 is 0 Å². The second-order valence-corrected chi connectivity index (χ2v) is 16.6. The van der Waals surface area contributed by atoms with E-state index in [0.29, 0.717) is 39.7 Å². The molecule has 0 N–H and O–H groups in total. The Hall–Kier alpha value is -8.99. The highest BCUT2D eigenvalue weighted by atomic mass is 16.3. The molecule has 0 amide bonds. The van der Waals surface area contributed by atoms with Gasteiger partial charge in [-0.1, -0.05) is 182 Å². The zero-order valence-electron chi connectivity index (χ0n) is 42.7. The lowest BCUT2D eigenvalue weighted by atomic mass is 9.92. The third-order valence-electron chi connectivity index (χ3n) is 12.6. The first-order valence-electron chi connectivity index (χ1n) is 25.6. The lowest BCUT2D eigenvalue weighted by molar-refractivity contribution is 0.669. The van der Waals surface area contributed by atoms with Crippen molar-refractivity contribution in [1.29, 1.82) is 0 Å². The minimum atomic E-state index is -0.519. The molecule has 11 aromatic carbocycles. The van der Waals surface area contributed by atoms with E-state index in [1.165, 1.54) is 0 Å². The van der Waals surface area contributed by atoms with Crippen molar-refractivity contribution >= 4 is 54.3 Å². The summed E-state index contributed by atoms with van der Waals surface area (Å²) < 4.78 is 69.3. The maximum Gasteiger partial charge on any atom is 0.164 e. The van der Waals surface area contributed by atoms with Crippen LogP contribution in [0, 0.1) is 0 Å². The predicted molar refractivity (Wildman–Crippen MR) is 278 cm³/mol. The van der Waals surface area contributed by atoms with Crippen molar-refractivity contribution in [3.63, 3.8) is 0 Å². The third kappa shape index (κ3) is 6.91. The average Bonchev–Trinajstić information content (AvgIpc) is 3.86. The van der Waals surface area contributed by atoms with Gasteiger partial charge in [-0.3, -0.25) is 0 Å². The molecule has 0 radical (unpaired) electrons. The molecule has 67 heavy (non-hydrogen) atoms. The minimum Gasteiger partial charge on any atom is -0.456 e. The summed E-state index contributed by atoms with van der Waals surface area (Å²) in [6.45, 7) is 0. The fraction of sp³-hybridized carbons (Fsp3) is 0. The molecular weight excluding hydrogens is 815 g/mol. The molecule has 0 atom stereocenters. The molecule has 0 spiro atoms. The van der Waals surface area contributed by atoms with Gasteiger partial charge in [0.2, 0.25) is 0 Å². The van der Waals surface area contributed by atoms with E-state index in [1.54, 1.807) is 0 Å². The number of hydrogen-bond acceptors (Lipinski definition) is 4. The molecule has 0 bridgehead atoms. The van der Waals surface area contributed by atoms with Crippen molar-refractivity contribution in [3.05, 3.63) is 236 Å².